The Labute approximate surface area is 136 Å². The minimum atomic E-state index is 0.162. The molecule has 1 aromatic carbocycles. The molecule has 3 rings (SSSR count). The average molecular weight is 316 g/mol. The number of fused-ring (bicyclic) bond motifs is 1. The summed E-state index contributed by atoms with van der Waals surface area (Å²) in [6.45, 7) is 2.92. The van der Waals surface area contributed by atoms with E-state index in [1.807, 2.05) is 29.2 Å². The van der Waals surface area contributed by atoms with Crippen LogP contribution in [0.1, 0.15) is 18.4 Å². The maximum Gasteiger partial charge on any atom is 0.231 e. The second kappa shape index (κ2) is 7.46. The van der Waals surface area contributed by atoms with E-state index in [4.69, 9.17) is 4.74 Å². The molecule has 1 unspecified atom stereocenters. The molecule has 1 fully saturated rings. The van der Waals surface area contributed by atoms with Crippen molar-refractivity contribution in [1.29, 1.82) is 0 Å². The molecule has 0 spiro atoms. The Morgan fingerprint density at radius 2 is 2.26 bits per heavy atom. The predicted octanol–water partition coefficient (Wildman–Crippen LogP) is 0.920. The van der Waals surface area contributed by atoms with Crippen molar-refractivity contribution in [3.63, 3.8) is 0 Å². The zero-order valence-corrected chi connectivity index (χ0v) is 13.5. The molecule has 1 aromatic rings. The van der Waals surface area contributed by atoms with Gasteiger partial charge in [-0.2, -0.15) is 0 Å². The van der Waals surface area contributed by atoms with Gasteiger partial charge in [0, 0.05) is 39.0 Å². The number of carbonyl (C=O) groups excluding carboxylic acids is 1. The molecule has 0 aromatic heterocycles. The highest BCUT2D eigenvalue weighted by Crippen LogP contribution is 2.27. The van der Waals surface area contributed by atoms with E-state index in [9.17, 15) is 4.79 Å². The van der Waals surface area contributed by atoms with E-state index in [-0.39, 0.29) is 12.0 Å². The fourth-order valence-electron chi connectivity index (χ4n) is 3.08. The number of rotatable bonds is 5. The summed E-state index contributed by atoms with van der Waals surface area (Å²) in [7, 11) is 1.75. The van der Waals surface area contributed by atoms with Gasteiger partial charge >= 0.3 is 0 Å². The molecule has 2 aliphatic rings. The summed E-state index contributed by atoms with van der Waals surface area (Å²) in [6.07, 6.45) is 3.01. The van der Waals surface area contributed by atoms with Crippen molar-refractivity contribution in [3.8, 4) is 0 Å². The van der Waals surface area contributed by atoms with Crippen molar-refractivity contribution in [2.45, 2.75) is 25.4 Å². The van der Waals surface area contributed by atoms with Gasteiger partial charge in [0.05, 0.1) is 12.5 Å². The topological polar surface area (TPSA) is 66.0 Å². The van der Waals surface area contributed by atoms with Crippen LogP contribution < -0.4 is 15.5 Å². The maximum atomic E-state index is 12.1. The number of para-hydroxylation sites is 1. The van der Waals surface area contributed by atoms with Crippen LogP contribution in [0.25, 0.3) is 0 Å². The Hall–Kier alpha value is -2.08. The minimum absolute atomic E-state index is 0.162. The number of benzene rings is 1. The quantitative estimate of drug-likeness (QED) is 0.626. The number of ether oxygens (including phenoxy) is 1. The SMILES string of the molecule is CN=C(NCCN1C(=O)Cc2ccccc21)NCC1CCCO1. The van der Waals surface area contributed by atoms with E-state index in [1.54, 1.807) is 7.05 Å². The van der Waals surface area contributed by atoms with Gasteiger partial charge in [-0.1, -0.05) is 18.2 Å². The molecule has 0 bridgehead atoms. The normalized spacial score (nSPS) is 20.7. The smallest absolute Gasteiger partial charge is 0.231 e. The molecule has 0 saturated carbocycles. The summed E-state index contributed by atoms with van der Waals surface area (Å²) in [5, 5.41) is 6.54. The summed E-state index contributed by atoms with van der Waals surface area (Å²) in [5.41, 5.74) is 2.14. The van der Waals surface area contributed by atoms with Crippen molar-refractivity contribution < 1.29 is 9.53 Å². The molecule has 2 N–H and O–H groups in total. The van der Waals surface area contributed by atoms with Gasteiger partial charge in [0.1, 0.15) is 0 Å². The zero-order chi connectivity index (χ0) is 16.1. The monoisotopic (exact) mass is 316 g/mol. The number of hydrogen-bond donors (Lipinski definition) is 2. The van der Waals surface area contributed by atoms with Crippen molar-refractivity contribution in [1.82, 2.24) is 10.6 Å². The highest BCUT2D eigenvalue weighted by atomic mass is 16.5. The van der Waals surface area contributed by atoms with Gasteiger partial charge in [-0.05, 0) is 24.5 Å². The van der Waals surface area contributed by atoms with Gasteiger partial charge in [-0.25, -0.2) is 0 Å². The molecule has 0 radical (unpaired) electrons. The number of anilines is 1. The van der Waals surface area contributed by atoms with Crippen LogP contribution in [0.3, 0.4) is 0 Å². The highest BCUT2D eigenvalue weighted by molar-refractivity contribution is 6.01. The van der Waals surface area contributed by atoms with Gasteiger partial charge in [0.15, 0.2) is 5.96 Å². The number of hydrogen-bond acceptors (Lipinski definition) is 3. The summed E-state index contributed by atoms with van der Waals surface area (Å²) >= 11 is 0. The number of amides is 1. The number of carbonyl (C=O) groups is 1. The molecule has 2 aliphatic heterocycles. The molecule has 6 heteroatoms. The number of nitrogens with one attached hydrogen (secondary N) is 2. The number of guanidine groups is 1. The van der Waals surface area contributed by atoms with Gasteiger partial charge in [0.2, 0.25) is 5.91 Å². The second-order valence-electron chi connectivity index (χ2n) is 5.87. The van der Waals surface area contributed by atoms with E-state index in [0.717, 1.165) is 43.2 Å². The maximum absolute atomic E-state index is 12.1. The lowest BCUT2D eigenvalue weighted by atomic mass is 10.2. The Kier molecular flexibility index (Phi) is 5.12. The van der Waals surface area contributed by atoms with Crippen LogP contribution in [-0.4, -0.2) is 51.3 Å². The predicted molar refractivity (Wildman–Crippen MR) is 90.8 cm³/mol. The third-order valence-electron chi connectivity index (χ3n) is 4.30. The van der Waals surface area contributed by atoms with Crippen LogP contribution in [0.5, 0.6) is 0 Å². The lowest BCUT2D eigenvalue weighted by molar-refractivity contribution is -0.117. The highest BCUT2D eigenvalue weighted by Gasteiger charge is 2.26. The van der Waals surface area contributed by atoms with E-state index in [2.05, 4.69) is 15.6 Å². The van der Waals surface area contributed by atoms with Crippen molar-refractivity contribution in [3.05, 3.63) is 29.8 Å². The molecule has 1 atom stereocenters. The molecule has 1 amide bonds. The van der Waals surface area contributed by atoms with Crippen molar-refractivity contribution in [2.75, 3.05) is 38.2 Å². The first-order valence-corrected chi connectivity index (χ1v) is 8.22. The first-order valence-electron chi connectivity index (χ1n) is 8.22. The van der Waals surface area contributed by atoms with E-state index in [0.29, 0.717) is 19.5 Å². The molecule has 2 heterocycles. The second-order valence-corrected chi connectivity index (χ2v) is 5.87. The van der Waals surface area contributed by atoms with E-state index in [1.165, 1.54) is 0 Å². The van der Waals surface area contributed by atoms with Crippen molar-refractivity contribution >= 4 is 17.6 Å². The number of nitrogens with zero attached hydrogens (tertiary/aromatic N) is 2. The third-order valence-corrected chi connectivity index (χ3v) is 4.30. The Morgan fingerprint density at radius 3 is 3.04 bits per heavy atom. The zero-order valence-electron chi connectivity index (χ0n) is 13.5. The molecule has 1 saturated heterocycles. The molecular formula is C17H24N4O2. The van der Waals surface area contributed by atoms with Crippen LogP contribution >= 0.6 is 0 Å². The Morgan fingerprint density at radius 1 is 1.39 bits per heavy atom. The van der Waals surface area contributed by atoms with E-state index < -0.39 is 0 Å². The Balaban J connectivity index is 1.45. The Bertz CT molecular complexity index is 582. The third kappa shape index (κ3) is 3.82. The minimum Gasteiger partial charge on any atom is -0.376 e. The fraction of sp³-hybridized carbons (Fsp3) is 0.529. The van der Waals surface area contributed by atoms with E-state index >= 15 is 0 Å². The number of aliphatic imine (C=N–C) groups is 1. The van der Waals surface area contributed by atoms with Crippen molar-refractivity contribution in [2.24, 2.45) is 4.99 Å². The summed E-state index contributed by atoms with van der Waals surface area (Å²) in [5.74, 6) is 0.913. The van der Waals surface area contributed by atoms with Gasteiger partial charge < -0.3 is 20.3 Å². The largest absolute Gasteiger partial charge is 0.376 e. The van der Waals surface area contributed by atoms with Crippen LogP contribution in [0.15, 0.2) is 29.3 Å². The first kappa shape index (κ1) is 15.8. The summed E-state index contributed by atoms with van der Waals surface area (Å²) in [4.78, 5) is 18.2. The standard InChI is InChI=1S/C17H24N4O2/c1-18-17(20-12-14-6-4-10-23-14)19-8-9-21-15-7-3-2-5-13(15)11-16(21)22/h2-3,5,7,14H,4,6,8-12H2,1H3,(H2,18,19,20). The first-order chi connectivity index (χ1) is 11.3. The van der Waals surface area contributed by atoms with Gasteiger partial charge in [-0.15, -0.1) is 0 Å². The van der Waals surface area contributed by atoms with Crippen LogP contribution in [0.2, 0.25) is 0 Å². The van der Waals surface area contributed by atoms with Crippen LogP contribution in [0.4, 0.5) is 5.69 Å². The molecule has 23 heavy (non-hydrogen) atoms. The van der Waals surface area contributed by atoms with Gasteiger partial charge in [0.25, 0.3) is 0 Å². The lowest BCUT2D eigenvalue weighted by Gasteiger charge is -2.19. The summed E-state index contributed by atoms with van der Waals surface area (Å²) in [6, 6.07) is 7.97. The molecular weight excluding hydrogens is 292 g/mol. The molecule has 0 aliphatic carbocycles. The fourth-order valence-corrected chi connectivity index (χ4v) is 3.08. The van der Waals surface area contributed by atoms with Crippen LogP contribution in [0, 0.1) is 0 Å². The van der Waals surface area contributed by atoms with Gasteiger partial charge in [-0.3, -0.25) is 9.79 Å². The summed E-state index contributed by atoms with van der Waals surface area (Å²) < 4.78 is 5.59. The molecule has 124 valence electrons. The average Bonchev–Trinajstić information content (AvgIpc) is 3.18. The lowest BCUT2D eigenvalue weighted by Crippen LogP contribution is -2.44. The molecule has 6 nitrogen and oxygen atoms in total. The van der Waals surface area contributed by atoms with Crippen LogP contribution in [-0.2, 0) is 16.0 Å².